The van der Waals surface area contributed by atoms with Gasteiger partial charge in [0.2, 0.25) is 0 Å². The van der Waals surface area contributed by atoms with Crippen LogP contribution in [0.1, 0.15) is 42.3 Å². The first-order chi connectivity index (χ1) is 12.8. The summed E-state index contributed by atoms with van der Waals surface area (Å²) in [7, 11) is 1.32. The molecule has 0 N–H and O–H groups in total. The number of ether oxygens (including phenoxy) is 1. The molecule has 0 radical (unpaired) electrons. The molecule has 27 heavy (non-hydrogen) atoms. The van der Waals surface area contributed by atoms with Gasteiger partial charge in [-0.05, 0) is 50.6 Å². The summed E-state index contributed by atoms with van der Waals surface area (Å²) in [6, 6.07) is 17.2. The molecule has 2 aromatic rings. The highest BCUT2D eigenvalue weighted by Crippen LogP contribution is 2.24. The number of esters is 1. The summed E-state index contributed by atoms with van der Waals surface area (Å²) in [5.74, 6) is -0.703. The van der Waals surface area contributed by atoms with Gasteiger partial charge in [-0.25, -0.2) is 4.79 Å². The number of rotatable bonds is 5. The monoisotopic (exact) mass is 364 g/mol. The molecule has 0 aliphatic heterocycles. The highest BCUT2D eigenvalue weighted by molar-refractivity contribution is 5.97. The van der Waals surface area contributed by atoms with Crippen molar-refractivity contribution in [3.05, 3.63) is 71.3 Å². The molecule has 0 fully saturated rings. The van der Waals surface area contributed by atoms with E-state index in [2.05, 4.69) is 6.07 Å². The number of benzene rings is 2. The fourth-order valence-electron chi connectivity index (χ4n) is 2.99. The minimum atomic E-state index is -0.782. The lowest BCUT2D eigenvalue weighted by Crippen LogP contribution is -2.55. The van der Waals surface area contributed by atoms with Gasteiger partial charge < -0.3 is 9.64 Å². The zero-order valence-corrected chi connectivity index (χ0v) is 16.1. The predicted molar refractivity (Wildman–Crippen MR) is 103 cm³/mol. The second-order valence-corrected chi connectivity index (χ2v) is 7.26. The van der Waals surface area contributed by atoms with E-state index in [4.69, 9.17) is 10.00 Å². The lowest BCUT2D eigenvalue weighted by atomic mass is 9.96. The van der Waals surface area contributed by atoms with E-state index in [-0.39, 0.29) is 5.91 Å². The van der Waals surface area contributed by atoms with E-state index in [1.165, 1.54) is 7.11 Å². The quantitative estimate of drug-likeness (QED) is 0.760. The molecule has 0 heterocycles. The van der Waals surface area contributed by atoms with E-state index in [0.717, 1.165) is 5.56 Å². The van der Waals surface area contributed by atoms with Gasteiger partial charge >= 0.3 is 5.97 Å². The maximum Gasteiger partial charge on any atom is 0.328 e. The first kappa shape index (κ1) is 20.2. The molecule has 0 saturated carbocycles. The number of nitrogens with zero attached hydrogens (tertiary/aromatic N) is 2. The van der Waals surface area contributed by atoms with Crippen LogP contribution < -0.4 is 0 Å². The topological polar surface area (TPSA) is 70.4 Å². The van der Waals surface area contributed by atoms with Crippen LogP contribution in [-0.4, -0.2) is 35.5 Å². The van der Waals surface area contributed by atoms with Crippen molar-refractivity contribution in [2.24, 2.45) is 0 Å². The maximum absolute atomic E-state index is 13.2. The molecule has 5 nitrogen and oxygen atoms in total. The number of methoxy groups -OCH3 is 1. The number of carbonyl (C=O) groups excluding carboxylic acids is 2. The summed E-state index contributed by atoms with van der Waals surface area (Å²) in [6.45, 7) is 5.67. The third-order valence-electron chi connectivity index (χ3n) is 4.26. The second kappa shape index (κ2) is 8.50. The molecular formula is C22H24N2O3. The summed E-state index contributed by atoms with van der Waals surface area (Å²) < 4.78 is 5.01. The van der Waals surface area contributed by atoms with E-state index < -0.39 is 17.6 Å². The predicted octanol–water partition coefficient (Wildman–Crippen LogP) is 3.58. The zero-order chi connectivity index (χ0) is 20.0. The van der Waals surface area contributed by atoms with Crippen molar-refractivity contribution in [3.8, 4) is 6.07 Å². The van der Waals surface area contributed by atoms with Crippen molar-refractivity contribution in [2.75, 3.05) is 7.11 Å². The Bertz CT molecular complexity index is 831. The molecule has 2 aromatic carbocycles. The van der Waals surface area contributed by atoms with E-state index in [9.17, 15) is 9.59 Å². The molecule has 1 unspecified atom stereocenters. The number of hydrogen-bond acceptors (Lipinski definition) is 4. The summed E-state index contributed by atoms with van der Waals surface area (Å²) in [5, 5.41) is 8.95. The van der Waals surface area contributed by atoms with Crippen LogP contribution in [0.15, 0.2) is 54.6 Å². The minimum absolute atomic E-state index is 0.229. The Morgan fingerprint density at radius 1 is 1.07 bits per heavy atom. The fourth-order valence-corrected chi connectivity index (χ4v) is 2.99. The first-order valence-electron chi connectivity index (χ1n) is 8.73. The Labute approximate surface area is 160 Å². The molecule has 140 valence electrons. The van der Waals surface area contributed by atoms with Crippen LogP contribution in [-0.2, 0) is 16.0 Å². The van der Waals surface area contributed by atoms with Gasteiger partial charge in [0.25, 0.3) is 5.91 Å². The van der Waals surface area contributed by atoms with Crippen molar-refractivity contribution < 1.29 is 14.3 Å². The van der Waals surface area contributed by atoms with Crippen LogP contribution in [0, 0.1) is 11.3 Å². The largest absolute Gasteiger partial charge is 0.467 e. The number of amides is 1. The van der Waals surface area contributed by atoms with Gasteiger partial charge in [-0.1, -0.05) is 30.3 Å². The molecule has 5 heteroatoms. The van der Waals surface area contributed by atoms with Crippen LogP contribution in [0.25, 0.3) is 0 Å². The molecule has 0 saturated heterocycles. The molecule has 0 aromatic heterocycles. The Balaban J connectivity index is 2.43. The lowest BCUT2D eigenvalue weighted by molar-refractivity contribution is -0.147. The standard InChI is InChI=1S/C22H24N2O3/c1-22(2,3)24(20(25)18-8-6-5-7-9-18)19(21(26)27-4)14-16-10-12-17(15-23)13-11-16/h5-13,19H,14H2,1-4H3. The maximum atomic E-state index is 13.2. The van der Waals surface area contributed by atoms with Gasteiger partial charge in [0.1, 0.15) is 6.04 Å². The summed E-state index contributed by atoms with van der Waals surface area (Å²) in [6.07, 6.45) is 0.300. The Morgan fingerprint density at radius 3 is 2.15 bits per heavy atom. The third-order valence-corrected chi connectivity index (χ3v) is 4.26. The molecule has 2 rings (SSSR count). The van der Waals surface area contributed by atoms with E-state index in [1.54, 1.807) is 53.4 Å². The summed E-state index contributed by atoms with van der Waals surface area (Å²) in [4.78, 5) is 27.4. The Kier molecular flexibility index (Phi) is 6.36. The molecule has 1 amide bonds. The van der Waals surface area contributed by atoms with Gasteiger partial charge in [-0.15, -0.1) is 0 Å². The smallest absolute Gasteiger partial charge is 0.328 e. The lowest BCUT2D eigenvalue weighted by Gasteiger charge is -2.40. The number of hydrogen-bond donors (Lipinski definition) is 0. The van der Waals surface area contributed by atoms with Crippen LogP contribution in [0.2, 0.25) is 0 Å². The van der Waals surface area contributed by atoms with Gasteiger partial charge in [0.15, 0.2) is 0 Å². The van der Waals surface area contributed by atoms with Crippen molar-refractivity contribution >= 4 is 11.9 Å². The van der Waals surface area contributed by atoms with Crippen molar-refractivity contribution in [2.45, 2.75) is 38.8 Å². The highest BCUT2D eigenvalue weighted by Gasteiger charge is 2.38. The molecule has 0 aliphatic rings. The van der Waals surface area contributed by atoms with Gasteiger partial charge in [0, 0.05) is 17.5 Å². The van der Waals surface area contributed by atoms with E-state index in [0.29, 0.717) is 17.5 Å². The SMILES string of the molecule is COC(=O)C(Cc1ccc(C#N)cc1)N(C(=O)c1ccccc1)C(C)(C)C. The van der Waals surface area contributed by atoms with E-state index >= 15 is 0 Å². The Hall–Kier alpha value is -3.13. The minimum Gasteiger partial charge on any atom is -0.467 e. The van der Waals surface area contributed by atoms with Crippen LogP contribution in [0.3, 0.4) is 0 Å². The average Bonchev–Trinajstić information content (AvgIpc) is 2.67. The number of carbonyl (C=O) groups is 2. The molecule has 0 spiro atoms. The van der Waals surface area contributed by atoms with Gasteiger partial charge in [-0.3, -0.25) is 4.79 Å². The van der Waals surface area contributed by atoms with Crippen LogP contribution in [0.4, 0.5) is 0 Å². The van der Waals surface area contributed by atoms with Crippen LogP contribution in [0.5, 0.6) is 0 Å². The van der Waals surface area contributed by atoms with Crippen molar-refractivity contribution in [1.29, 1.82) is 5.26 Å². The highest BCUT2D eigenvalue weighted by atomic mass is 16.5. The summed E-state index contributed by atoms with van der Waals surface area (Å²) in [5.41, 5.74) is 1.31. The summed E-state index contributed by atoms with van der Waals surface area (Å²) >= 11 is 0. The third kappa shape index (κ3) is 4.95. The molecule has 0 aliphatic carbocycles. The fraction of sp³-hybridized carbons (Fsp3) is 0.318. The van der Waals surface area contributed by atoms with Crippen molar-refractivity contribution in [3.63, 3.8) is 0 Å². The molecule has 1 atom stereocenters. The zero-order valence-electron chi connectivity index (χ0n) is 16.1. The first-order valence-corrected chi connectivity index (χ1v) is 8.73. The van der Waals surface area contributed by atoms with Gasteiger partial charge in [-0.2, -0.15) is 5.26 Å². The average molecular weight is 364 g/mol. The molecule has 0 bridgehead atoms. The van der Waals surface area contributed by atoms with Crippen LogP contribution >= 0.6 is 0 Å². The Morgan fingerprint density at radius 2 is 1.67 bits per heavy atom. The van der Waals surface area contributed by atoms with Crippen molar-refractivity contribution in [1.82, 2.24) is 4.90 Å². The normalized spacial score (nSPS) is 12.0. The van der Waals surface area contributed by atoms with E-state index in [1.807, 2.05) is 26.8 Å². The number of nitriles is 1. The molecular weight excluding hydrogens is 340 g/mol. The second-order valence-electron chi connectivity index (χ2n) is 7.26. The van der Waals surface area contributed by atoms with Gasteiger partial charge in [0.05, 0.1) is 18.7 Å².